The maximum absolute atomic E-state index is 12.9. The number of nitriles is 1. The first-order valence-electron chi connectivity index (χ1n) is 7.94. The molecule has 7 nitrogen and oxygen atoms in total. The number of nitrogen functional groups attached to an aromatic ring is 1. The summed E-state index contributed by atoms with van der Waals surface area (Å²) in [7, 11) is 0. The summed E-state index contributed by atoms with van der Waals surface area (Å²) in [4.78, 5) is 24.3. The molecule has 0 spiro atoms. The summed E-state index contributed by atoms with van der Waals surface area (Å²) in [6.07, 6.45) is -0.983. The Morgan fingerprint density at radius 2 is 1.96 bits per heavy atom. The molecule has 2 rings (SSSR count). The monoisotopic (exact) mass is 392 g/mol. The van der Waals surface area contributed by atoms with E-state index >= 15 is 0 Å². The third kappa shape index (κ3) is 4.95. The van der Waals surface area contributed by atoms with Crippen molar-refractivity contribution in [1.82, 2.24) is 0 Å². The largest absolute Gasteiger partial charge is 0.479 e. The number of rotatable bonds is 7. The van der Waals surface area contributed by atoms with Gasteiger partial charge in [-0.25, -0.2) is 14.0 Å². The zero-order chi connectivity index (χ0) is 20.0. The van der Waals surface area contributed by atoms with Crippen LogP contribution in [-0.2, 0) is 20.9 Å². The van der Waals surface area contributed by atoms with E-state index in [1.807, 2.05) is 6.07 Å². The van der Waals surface area contributed by atoms with Crippen LogP contribution >= 0.6 is 11.3 Å². The highest BCUT2D eigenvalue weighted by Crippen LogP contribution is 2.32. The second-order valence-electron chi connectivity index (χ2n) is 5.30. The van der Waals surface area contributed by atoms with E-state index < -0.39 is 23.9 Å². The number of hydrogen-bond acceptors (Lipinski definition) is 8. The van der Waals surface area contributed by atoms with E-state index in [1.165, 1.54) is 31.2 Å². The Morgan fingerprint density at radius 1 is 1.30 bits per heavy atom. The Kier molecular flexibility index (Phi) is 6.73. The molecular weight excluding hydrogens is 375 g/mol. The van der Waals surface area contributed by atoms with Crippen LogP contribution in [0.1, 0.15) is 34.6 Å². The van der Waals surface area contributed by atoms with Gasteiger partial charge >= 0.3 is 11.9 Å². The molecule has 0 fully saturated rings. The van der Waals surface area contributed by atoms with Crippen LogP contribution in [0, 0.1) is 17.1 Å². The van der Waals surface area contributed by atoms with Crippen molar-refractivity contribution in [2.45, 2.75) is 26.6 Å². The molecule has 2 aromatic rings. The molecule has 0 amide bonds. The first-order chi connectivity index (χ1) is 12.9. The van der Waals surface area contributed by atoms with Gasteiger partial charge in [0.15, 0.2) is 6.10 Å². The summed E-state index contributed by atoms with van der Waals surface area (Å²) < 4.78 is 28.4. The van der Waals surface area contributed by atoms with Crippen molar-refractivity contribution >= 4 is 28.3 Å². The predicted molar refractivity (Wildman–Crippen MR) is 95.7 cm³/mol. The van der Waals surface area contributed by atoms with Crippen molar-refractivity contribution in [2.75, 3.05) is 12.3 Å². The number of carbonyl (C=O) groups excluding carboxylic acids is 2. The normalized spacial score (nSPS) is 11.3. The molecule has 1 aromatic carbocycles. The van der Waals surface area contributed by atoms with Gasteiger partial charge in [-0.05, 0) is 38.1 Å². The Labute approximate surface area is 159 Å². The zero-order valence-electron chi connectivity index (χ0n) is 14.7. The third-order valence-electron chi connectivity index (χ3n) is 3.42. The lowest BCUT2D eigenvalue weighted by atomic mass is 10.1. The molecule has 2 N–H and O–H groups in total. The first-order valence-corrected chi connectivity index (χ1v) is 8.76. The molecular formula is C18H17FN2O5S. The maximum Gasteiger partial charge on any atom is 0.348 e. The standard InChI is InChI=1S/C18H17FN2O5S/c1-3-24-18(23)15-14(13(8-20)16(21)27-15)9-25-17(22)10(2)26-12-6-4-11(19)5-7-12/h4-7,10H,3,9,21H2,1-2H3/t10-/m1/s1. The van der Waals surface area contributed by atoms with Gasteiger partial charge in [0, 0.05) is 5.56 Å². The van der Waals surface area contributed by atoms with Crippen molar-refractivity contribution in [3.63, 3.8) is 0 Å². The summed E-state index contributed by atoms with van der Waals surface area (Å²) in [5.41, 5.74) is 6.03. The fraction of sp³-hybridized carbons (Fsp3) is 0.278. The molecule has 0 radical (unpaired) electrons. The average molecular weight is 392 g/mol. The summed E-state index contributed by atoms with van der Waals surface area (Å²) in [5, 5.41) is 9.39. The summed E-state index contributed by atoms with van der Waals surface area (Å²) in [6, 6.07) is 7.06. The van der Waals surface area contributed by atoms with Crippen molar-refractivity contribution in [1.29, 1.82) is 5.26 Å². The van der Waals surface area contributed by atoms with Gasteiger partial charge in [-0.3, -0.25) is 0 Å². The minimum Gasteiger partial charge on any atom is -0.479 e. The Morgan fingerprint density at radius 3 is 2.56 bits per heavy atom. The summed E-state index contributed by atoms with van der Waals surface area (Å²) in [6.45, 7) is 2.93. The van der Waals surface area contributed by atoms with Crippen LogP contribution in [0.4, 0.5) is 9.39 Å². The molecule has 0 saturated carbocycles. The molecule has 9 heteroatoms. The van der Waals surface area contributed by atoms with Gasteiger partial charge in [0.2, 0.25) is 0 Å². The van der Waals surface area contributed by atoms with Crippen molar-refractivity contribution in [3.8, 4) is 11.8 Å². The number of carbonyl (C=O) groups is 2. The van der Waals surface area contributed by atoms with Crippen LogP contribution in [0.3, 0.4) is 0 Å². The van der Waals surface area contributed by atoms with Gasteiger partial charge in [-0.15, -0.1) is 11.3 Å². The van der Waals surface area contributed by atoms with E-state index in [9.17, 15) is 19.2 Å². The van der Waals surface area contributed by atoms with Crippen LogP contribution < -0.4 is 10.5 Å². The topological polar surface area (TPSA) is 112 Å². The second kappa shape index (κ2) is 9.00. The Bertz CT molecular complexity index is 873. The fourth-order valence-electron chi connectivity index (χ4n) is 2.13. The average Bonchev–Trinajstić information content (AvgIpc) is 2.97. The van der Waals surface area contributed by atoms with E-state index in [1.54, 1.807) is 6.92 Å². The molecule has 0 unspecified atom stereocenters. The molecule has 0 bridgehead atoms. The van der Waals surface area contributed by atoms with Gasteiger partial charge in [-0.1, -0.05) is 0 Å². The number of ether oxygens (including phenoxy) is 3. The van der Waals surface area contributed by atoms with Gasteiger partial charge in [0.25, 0.3) is 0 Å². The van der Waals surface area contributed by atoms with Crippen LogP contribution in [0.25, 0.3) is 0 Å². The van der Waals surface area contributed by atoms with E-state index in [4.69, 9.17) is 19.9 Å². The van der Waals surface area contributed by atoms with Crippen LogP contribution in [0.5, 0.6) is 5.75 Å². The molecule has 0 aliphatic heterocycles. The number of benzene rings is 1. The van der Waals surface area contributed by atoms with E-state index in [0.29, 0.717) is 5.75 Å². The number of halogens is 1. The van der Waals surface area contributed by atoms with Crippen LogP contribution in [-0.4, -0.2) is 24.6 Å². The smallest absolute Gasteiger partial charge is 0.348 e. The summed E-state index contributed by atoms with van der Waals surface area (Å²) >= 11 is 0.900. The van der Waals surface area contributed by atoms with Gasteiger partial charge in [0.05, 0.1) is 12.2 Å². The zero-order valence-corrected chi connectivity index (χ0v) is 15.5. The number of nitrogens with two attached hydrogens (primary N) is 1. The second-order valence-corrected chi connectivity index (χ2v) is 6.36. The van der Waals surface area contributed by atoms with Crippen LogP contribution in [0.15, 0.2) is 24.3 Å². The number of esters is 2. The number of anilines is 1. The van der Waals surface area contributed by atoms with Crippen molar-refractivity contribution < 1.29 is 28.2 Å². The quantitative estimate of drug-likeness (QED) is 0.721. The molecule has 0 saturated heterocycles. The minimum absolute atomic E-state index is 0.0722. The van der Waals surface area contributed by atoms with Gasteiger partial charge in [0.1, 0.15) is 34.1 Å². The SMILES string of the molecule is CCOC(=O)c1sc(N)c(C#N)c1COC(=O)[C@@H](C)Oc1ccc(F)cc1. The summed E-state index contributed by atoms with van der Waals surface area (Å²) in [5.74, 6) is -1.49. The van der Waals surface area contributed by atoms with Crippen molar-refractivity contribution in [2.24, 2.45) is 0 Å². The highest BCUT2D eigenvalue weighted by molar-refractivity contribution is 7.18. The molecule has 142 valence electrons. The molecule has 1 aromatic heterocycles. The molecule has 0 aliphatic carbocycles. The Hall–Kier alpha value is -3.12. The third-order valence-corrected chi connectivity index (χ3v) is 4.47. The van der Waals surface area contributed by atoms with E-state index in [2.05, 4.69) is 0 Å². The lowest BCUT2D eigenvalue weighted by Crippen LogP contribution is -2.26. The minimum atomic E-state index is -0.983. The predicted octanol–water partition coefficient (Wildman–Crippen LogP) is 3.03. The Balaban J connectivity index is 2.08. The number of hydrogen-bond donors (Lipinski definition) is 1. The molecule has 1 atom stereocenters. The van der Waals surface area contributed by atoms with Crippen LogP contribution in [0.2, 0.25) is 0 Å². The lowest BCUT2D eigenvalue weighted by Gasteiger charge is -2.14. The number of nitrogens with zero attached hydrogens (tertiary/aromatic N) is 1. The highest BCUT2D eigenvalue weighted by Gasteiger charge is 2.25. The van der Waals surface area contributed by atoms with E-state index in [-0.39, 0.29) is 34.2 Å². The fourth-order valence-corrected chi connectivity index (χ4v) is 3.05. The lowest BCUT2D eigenvalue weighted by molar-refractivity contribution is -0.152. The highest BCUT2D eigenvalue weighted by atomic mass is 32.1. The number of thiophene rings is 1. The molecule has 27 heavy (non-hydrogen) atoms. The van der Waals surface area contributed by atoms with Gasteiger partial charge in [-0.2, -0.15) is 5.26 Å². The molecule has 0 aliphatic rings. The molecule has 1 heterocycles. The van der Waals surface area contributed by atoms with Gasteiger partial charge < -0.3 is 19.9 Å². The first kappa shape index (κ1) is 20.2. The maximum atomic E-state index is 12.9. The van der Waals surface area contributed by atoms with Crippen molar-refractivity contribution in [3.05, 3.63) is 46.1 Å². The van der Waals surface area contributed by atoms with E-state index in [0.717, 1.165) is 11.3 Å².